The Morgan fingerprint density at radius 1 is 1.45 bits per heavy atom. The van der Waals surface area contributed by atoms with Gasteiger partial charge in [-0.3, -0.25) is 0 Å². The van der Waals surface area contributed by atoms with E-state index in [2.05, 4.69) is 22.8 Å². The highest BCUT2D eigenvalue weighted by atomic mass is 32.1. The van der Waals surface area contributed by atoms with Gasteiger partial charge in [-0.05, 0) is 36.9 Å². The number of nitrogens with one attached hydrogen (secondary N) is 1. The minimum atomic E-state index is 0.798. The van der Waals surface area contributed by atoms with E-state index in [1.54, 1.807) is 11.3 Å². The molecule has 0 unspecified atom stereocenters. The third-order valence-corrected chi connectivity index (χ3v) is 2.28. The molecule has 2 nitrogen and oxygen atoms in total. The lowest BCUT2D eigenvalue weighted by atomic mass is 10.3. The first-order valence-corrected chi connectivity index (χ1v) is 4.79. The molecule has 3 N–H and O–H groups in total. The average molecular weight is 170 g/mol. The van der Waals surface area contributed by atoms with Gasteiger partial charge >= 0.3 is 0 Å². The average Bonchev–Trinajstić information content (AvgIpc) is 2.50. The highest BCUT2D eigenvalue weighted by molar-refractivity contribution is 7.14. The summed E-state index contributed by atoms with van der Waals surface area (Å²) in [6.07, 6.45) is 2.27. The molecule has 1 heterocycles. The predicted octanol–water partition coefficient (Wildman–Crippen LogP) is 1.90. The summed E-state index contributed by atoms with van der Waals surface area (Å²) in [4.78, 5) is 0. The Balaban J connectivity index is 2.04. The Kier molecular flexibility index (Phi) is 4.01. The van der Waals surface area contributed by atoms with Gasteiger partial charge in [0.2, 0.25) is 0 Å². The van der Waals surface area contributed by atoms with Crippen molar-refractivity contribution in [1.29, 1.82) is 0 Å². The molecule has 0 saturated heterocycles. The van der Waals surface area contributed by atoms with Crippen molar-refractivity contribution in [3.63, 3.8) is 0 Å². The number of unbranched alkanes of at least 4 members (excludes halogenated alkanes) is 1. The molecule has 0 aromatic carbocycles. The summed E-state index contributed by atoms with van der Waals surface area (Å²) in [5.41, 5.74) is 5.36. The van der Waals surface area contributed by atoms with Crippen LogP contribution in [0.15, 0.2) is 17.5 Å². The van der Waals surface area contributed by atoms with Crippen LogP contribution in [0.1, 0.15) is 12.8 Å². The number of hydrogen-bond donors (Lipinski definition) is 2. The van der Waals surface area contributed by atoms with E-state index in [1.165, 1.54) is 5.00 Å². The molecule has 1 aromatic heterocycles. The van der Waals surface area contributed by atoms with Crippen LogP contribution in [0.4, 0.5) is 5.00 Å². The fraction of sp³-hybridized carbons (Fsp3) is 0.500. The summed E-state index contributed by atoms with van der Waals surface area (Å²) in [6, 6.07) is 4.14. The van der Waals surface area contributed by atoms with Gasteiger partial charge in [0.05, 0.1) is 5.00 Å². The van der Waals surface area contributed by atoms with E-state index in [9.17, 15) is 0 Å². The molecular formula is C8H14N2S. The van der Waals surface area contributed by atoms with Gasteiger partial charge < -0.3 is 11.1 Å². The van der Waals surface area contributed by atoms with E-state index in [4.69, 9.17) is 5.73 Å². The molecule has 0 saturated carbocycles. The molecule has 1 aromatic rings. The number of nitrogens with two attached hydrogens (primary N) is 1. The molecule has 0 spiro atoms. The van der Waals surface area contributed by atoms with Crippen LogP contribution in [0.25, 0.3) is 0 Å². The number of anilines is 1. The van der Waals surface area contributed by atoms with Crippen LogP contribution in [0, 0.1) is 0 Å². The summed E-state index contributed by atoms with van der Waals surface area (Å²) in [5, 5.41) is 6.65. The van der Waals surface area contributed by atoms with E-state index in [0.717, 1.165) is 25.9 Å². The van der Waals surface area contributed by atoms with Gasteiger partial charge in [0.25, 0.3) is 0 Å². The largest absolute Gasteiger partial charge is 0.377 e. The van der Waals surface area contributed by atoms with Gasteiger partial charge in [0.1, 0.15) is 0 Å². The normalized spacial score (nSPS) is 9.91. The zero-order chi connectivity index (χ0) is 7.94. The molecule has 0 amide bonds. The molecule has 0 aliphatic rings. The highest BCUT2D eigenvalue weighted by Crippen LogP contribution is 2.14. The maximum Gasteiger partial charge on any atom is 0.0882 e. The van der Waals surface area contributed by atoms with Gasteiger partial charge in [0, 0.05) is 6.54 Å². The Hall–Kier alpha value is -0.540. The SMILES string of the molecule is NCCCCNc1cccs1. The highest BCUT2D eigenvalue weighted by Gasteiger charge is 1.89. The Bertz CT molecular complexity index is 172. The summed E-state index contributed by atoms with van der Waals surface area (Å²) < 4.78 is 0. The van der Waals surface area contributed by atoms with Gasteiger partial charge in [-0.1, -0.05) is 0 Å². The van der Waals surface area contributed by atoms with E-state index in [-0.39, 0.29) is 0 Å². The van der Waals surface area contributed by atoms with Crippen molar-refractivity contribution < 1.29 is 0 Å². The molecule has 3 heteroatoms. The minimum Gasteiger partial charge on any atom is -0.377 e. The standard InChI is InChI=1S/C8H14N2S/c9-5-1-2-6-10-8-4-3-7-11-8/h3-4,7,10H,1-2,5-6,9H2. The molecule has 0 aliphatic heterocycles. The van der Waals surface area contributed by atoms with Crippen LogP contribution in [-0.4, -0.2) is 13.1 Å². The molecule has 11 heavy (non-hydrogen) atoms. The summed E-state index contributed by atoms with van der Waals surface area (Å²) >= 11 is 1.74. The molecular weight excluding hydrogens is 156 g/mol. The maximum atomic E-state index is 5.36. The second-order valence-corrected chi connectivity index (χ2v) is 3.35. The summed E-state index contributed by atoms with van der Waals surface area (Å²) in [5.74, 6) is 0. The van der Waals surface area contributed by atoms with Crippen molar-refractivity contribution in [3.05, 3.63) is 17.5 Å². The smallest absolute Gasteiger partial charge is 0.0882 e. The Labute approximate surface area is 71.4 Å². The van der Waals surface area contributed by atoms with Crippen LogP contribution in [0.5, 0.6) is 0 Å². The topological polar surface area (TPSA) is 38.0 Å². The van der Waals surface area contributed by atoms with Crippen LogP contribution < -0.4 is 11.1 Å². The molecule has 62 valence electrons. The quantitative estimate of drug-likeness (QED) is 0.662. The second-order valence-electron chi connectivity index (χ2n) is 2.40. The molecule has 0 atom stereocenters. The van der Waals surface area contributed by atoms with Crippen molar-refractivity contribution in [2.75, 3.05) is 18.4 Å². The molecule has 0 fully saturated rings. The first kappa shape index (κ1) is 8.56. The van der Waals surface area contributed by atoms with Gasteiger partial charge in [-0.15, -0.1) is 11.3 Å². The lowest BCUT2D eigenvalue weighted by molar-refractivity contribution is 0.775. The predicted molar refractivity (Wildman–Crippen MR) is 51.1 cm³/mol. The zero-order valence-electron chi connectivity index (χ0n) is 6.55. The van der Waals surface area contributed by atoms with Crippen molar-refractivity contribution in [1.82, 2.24) is 0 Å². The monoisotopic (exact) mass is 170 g/mol. The van der Waals surface area contributed by atoms with E-state index in [1.807, 2.05) is 0 Å². The lowest BCUT2D eigenvalue weighted by Gasteiger charge is -2.00. The third-order valence-electron chi connectivity index (χ3n) is 1.45. The van der Waals surface area contributed by atoms with Crippen LogP contribution >= 0.6 is 11.3 Å². The summed E-state index contributed by atoms with van der Waals surface area (Å²) in [6.45, 7) is 1.84. The Morgan fingerprint density at radius 3 is 3.00 bits per heavy atom. The van der Waals surface area contributed by atoms with Crippen molar-refractivity contribution in [2.45, 2.75) is 12.8 Å². The van der Waals surface area contributed by atoms with E-state index >= 15 is 0 Å². The fourth-order valence-electron chi connectivity index (χ4n) is 0.860. The Morgan fingerprint density at radius 2 is 2.36 bits per heavy atom. The third kappa shape index (κ3) is 3.39. The van der Waals surface area contributed by atoms with Crippen LogP contribution in [0.3, 0.4) is 0 Å². The molecule has 0 bridgehead atoms. The first-order chi connectivity index (χ1) is 5.43. The van der Waals surface area contributed by atoms with Crippen LogP contribution in [0.2, 0.25) is 0 Å². The number of hydrogen-bond acceptors (Lipinski definition) is 3. The lowest BCUT2D eigenvalue weighted by Crippen LogP contribution is -2.04. The molecule has 1 rings (SSSR count). The minimum absolute atomic E-state index is 0.798. The van der Waals surface area contributed by atoms with Crippen LogP contribution in [-0.2, 0) is 0 Å². The fourth-order valence-corrected chi connectivity index (χ4v) is 1.51. The van der Waals surface area contributed by atoms with Crippen molar-refractivity contribution in [3.8, 4) is 0 Å². The number of rotatable bonds is 5. The number of thiophene rings is 1. The van der Waals surface area contributed by atoms with E-state index in [0.29, 0.717) is 0 Å². The maximum absolute atomic E-state index is 5.36. The summed E-state index contributed by atoms with van der Waals surface area (Å²) in [7, 11) is 0. The van der Waals surface area contributed by atoms with Gasteiger partial charge in [0.15, 0.2) is 0 Å². The zero-order valence-corrected chi connectivity index (χ0v) is 7.36. The van der Waals surface area contributed by atoms with Gasteiger partial charge in [-0.2, -0.15) is 0 Å². The first-order valence-electron chi connectivity index (χ1n) is 3.91. The molecule has 0 radical (unpaired) electrons. The van der Waals surface area contributed by atoms with Crippen molar-refractivity contribution in [2.24, 2.45) is 5.73 Å². The van der Waals surface area contributed by atoms with E-state index < -0.39 is 0 Å². The second kappa shape index (κ2) is 5.16. The van der Waals surface area contributed by atoms with Crippen molar-refractivity contribution >= 4 is 16.3 Å². The van der Waals surface area contributed by atoms with Gasteiger partial charge in [-0.25, -0.2) is 0 Å². The molecule has 0 aliphatic carbocycles.